The number of fused-ring (bicyclic) bond motifs is 2. The molecule has 0 saturated heterocycles. The fourth-order valence-electron chi connectivity index (χ4n) is 5.35. The highest BCUT2D eigenvalue weighted by Crippen LogP contribution is 2.30. The van der Waals surface area contributed by atoms with E-state index in [-0.39, 0.29) is 21.2 Å². The minimum absolute atomic E-state index is 0. The molecule has 0 spiro atoms. The predicted octanol–water partition coefficient (Wildman–Crippen LogP) is 9.01. The van der Waals surface area contributed by atoms with Crippen LogP contribution in [0.4, 0.5) is 0 Å². The topological polar surface area (TPSA) is 154 Å². The second-order valence-electron chi connectivity index (χ2n) is 11.6. The molecule has 0 bridgehead atoms. The number of nitrogens with one attached hydrogen (secondary N) is 2. The maximum Gasteiger partial charge on any atom is 0.251 e. The van der Waals surface area contributed by atoms with E-state index >= 15 is 0 Å². The lowest BCUT2D eigenvalue weighted by Gasteiger charge is -2.10. The number of carbonyl (C=O) groups excluding carboxylic acids is 2. The van der Waals surface area contributed by atoms with Gasteiger partial charge in [0.15, 0.2) is 0 Å². The van der Waals surface area contributed by atoms with Crippen molar-refractivity contribution in [3.05, 3.63) is 181 Å². The third kappa shape index (κ3) is 10.3. The van der Waals surface area contributed by atoms with Gasteiger partial charge in [0.25, 0.3) is 11.8 Å². The summed E-state index contributed by atoms with van der Waals surface area (Å²) in [4.78, 5) is 49.8. The largest absolute Gasteiger partial charge is 0.457 e. The Balaban J connectivity index is 0.000000238. The van der Waals surface area contributed by atoms with Gasteiger partial charge in [0.05, 0.1) is 36.0 Å². The summed E-state index contributed by atoms with van der Waals surface area (Å²) in [7, 11) is 0. The summed E-state index contributed by atoms with van der Waals surface area (Å²) < 4.78 is 12.0. The van der Waals surface area contributed by atoms with E-state index in [9.17, 15) is 9.59 Å². The van der Waals surface area contributed by atoms with Crippen LogP contribution in [0.5, 0.6) is 23.0 Å². The minimum atomic E-state index is -0.215. The van der Waals surface area contributed by atoms with Crippen molar-refractivity contribution in [2.45, 2.75) is 26.9 Å². The Morgan fingerprint density at radius 2 is 1.07 bits per heavy atom. The van der Waals surface area contributed by atoms with Gasteiger partial charge in [-0.3, -0.25) is 29.5 Å². The summed E-state index contributed by atoms with van der Waals surface area (Å²) in [6.45, 7) is 4.58. The minimum Gasteiger partial charge on any atom is -0.457 e. The van der Waals surface area contributed by atoms with Gasteiger partial charge in [0.1, 0.15) is 28.8 Å². The molecule has 8 aromatic rings. The lowest BCUT2D eigenvalue weighted by Crippen LogP contribution is -2.23. The van der Waals surface area contributed by atoms with Gasteiger partial charge in [-0.05, 0) is 78.9 Å². The smallest absolute Gasteiger partial charge is 0.251 e. The van der Waals surface area contributed by atoms with Crippen molar-refractivity contribution in [2.24, 2.45) is 0 Å². The Morgan fingerprint density at radius 3 is 1.61 bits per heavy atom. The van der Waals surface area contributed by atoms with E-state index in [4.69, 9.17) is 9.47 Å². The average molecular weight is 747 g/mol. The summed E-state index contributed by atoms with van der Waals surface area (Å²) in [5.41, 5.74) is 3.41. The van der Waals surface area contributed by atoms with Crippen molar-refractivity contribution >= 4 is 33.6 Å². The van der Waals surface area contributed by atoms with Gasteiger partial charge in [-0.25, -0.2) is 9.97 Å². The average Bonchev–Trinajstić information content (AvgIpc) is 3.27. The number of benzene rings is 4. The predicted molar refractivity (Wildman–Crippen MR) is 218 cm³/mol. The van der Waals surface area contributed by atoms with Crippen molar-refractivity contribution in [3.8, 4) is 23.0 Å². The highest BCUT2D eigenvalue weighted by molar-refractivity contribution is 5.95. The molecule has 56 heavy (non-hydrogen) atoms. The maximum absolute atomic E-state index is 12.4. The molecule has 2 N–H and O–H groups in total. The van der Waals surface area contributed by atoms with E-state index in [2.05, 4.69) is 40.5 Å². The first kappa shape index (κ1) is 38.1. The zero-order chi connectivity index (χ0) is 39.0. The third-order valence-corrected chi connectivity index (χ3v) is 7.94. The molecule has 4 heterocycles. The second kappa shape index (κ2) is 19.5. The Labute approximate surface area is 326 Å². The summed E-state index contributed by atoms with van der Waals surface area (Å²) in [6.07, 6.45) is 11.5. The fraction of sp³-hybridized carbons (Fsp3) is 0.0909. The normalized spacial score (nSPS) is 10.2. The highest BCUT2D eigenvalue weighted by atomic mass is 16.5. The Kier molecular flexibility index (Phi) is 13.3. The molecule has 0 aliphatic carbocycles. The number of carbonyl (C=O) groups is 2. The highest BCUT2D eigenvalue weighted by Gasteiger charge is 2.11. The molecule has 4 aromatic carbocycles. The first-order valence-electron chi connectivity index (χ1n) is 17.9. The standard InChI is InChI=1S/2C21H16N4O2.C2H6.2H2/c26-21(25-14-20-23-10-4-11-24-20)15-5-3-6-16(13-15)27-19-9-12-22-18-8-2-1-7-17(18)19;26-21(25-14-16-13-22-10-11-23-16)15-4-3-5-17(12-15)27-20-8-9-24-19-7-2-1-6-18(19)20;1-2;;/h2*1-13H,14H2,(H,25,26);1-2H3;2*1H. The van der Waals surface area contributed by atoms with E-state index in [1.165, 1.54) is 0 Å². The summed E-state index contributed by atoms with van der Waals surface area (Å²) in [5.74, 6) is 2.68. The molecule has 2 amide bonds. The number of nitrogens with zero attached hydrogens (tertiary/aromatic N) is 6. The number of hydrogen-bond acceptors (Lipinski definition) is 10. The van der Waals surface area contributed by atoms with Crippen LogP contribution in [0.1, 0.15) is 48.9 Å². The number of hydrogen-bond donors (Lipinski definition) is 2. The summed E-state index contributed by atoms with van der Waals surface area (Å²) in [6, 6.07) is 34.9. The maximum atomic E-state index is 12.4. The van der Waals surface area contributed by atoms with Gasteiger partial charge >= 0.3 is 0 Å². The van der Waals surface area contributed by atoms with E-state index < -0.39 is 0 Å². The van der Waals surface area contributed by atoms with Gasteiger partial charge in [0.2, 0.25) is 0 Å². The molecule has 0 aliphatic rings. The van der Waals surface area contributed by atoms with Crippen molar-refractivity contribution in [3.63, 3.8) is 0 Å². The van der Waals surface area contributed by atoms with Crippen LogP contribution in [-0.4, -0.2) is 41.7 Å². The van der Waals surface area contributed by atoms with E-state index in [1.54, 1.807) is 85.8 Å². The van der Waals surface area contributed by atoms with Gasteiger partial charge in [-0.2, -0.15) is 0 Å². The SMILES string of the molecule is CC.O=C(NCc1cnccn1)c1cccc(Oc2ccnc3ccccc23)c1.O=C(NCc1ncccn1)c1cccc(Oc2ccnc3ccccc23)c1.[HH].[HH]. The molecule has 12 heteroatoms. The van der Waals surface area contributed by atoms with Gasteiger partial charge < -0.3 is 20.1 Å². The van der Waals surface area contributed by atoms with Gasteiger partial charge in [-0.1, -0.05) is 50.2 Å². The molecule has 0 saturated carbocycles. The first-order valence-corrected chi connectivity index (χ1v) is 17.9. The second-order valence-corrected chi connectivity index (χ2v) is 11.6. The van der Waals surface area contributed by atoms with Crippen LogP contribution in [0.25, 0.3) is 21.8 Å². The summed E-state index contributed by atoms with van der Waals surface area (Å²) >= 11 is 0. The fourth-order valence-corrected chi connectivity index (χ4v) is 5.35. The van der Waals surface area contributed by atoms with Gasteiger partial charge in [0, 0.05) is 61.9 Å². The van der Waals surface area contributed by atoms with Crippen LogP contribution in [0.2, 0.25) is 0 Å². The van der Waals surface area contributed by atoms with Crippen molar-refractivity contribution in [1.82, 2.24) is 40.5 Å². The lowest BCUT2D eigenvalue weighted by molar-refractivity contribution is 0.0942. The lowest BCUT2D eigenvalue weighted by atomic mass is 10.2. The van der Waals surface area contributed by atoms with Gasteiger partial charge in [-0.15, -0.1) is 0 Å². The van der Waals surface area contributed by atoms with Crippen LogP contribution in [0, 0.1) is 0 Å². The first-order chi connectivity index (χ1) is 27.6. The zero-order valence-corrected chi connectivity index (χ0v) is 30.7. The Morgan fingerprint density at radius 1 is 0.536 bits per heavy atom. The molecule has 0 fully saturated rings. The number of para-hydroxylation sites is 2. The Bertz CT molecular complexity index is 2350. The van der Waals surface area contributed by atoms with Crippen LogP contribution in [0.15, 0.2) is 159 Å². The monoisotopic (exact) mass is 746 g/mol. The van der Waals surface area contributed by atoms with Crippen LogP contribution in [0.3, 0.4) is 0 Å². The van der Waals surface area contributed by atoms with Crippen molar-refractivity contribution in [1.29, 1.82) is 0 Å². The molecule has 282 valence electrons. The van der Waals surface area contributed by atoms with E-state index in [1.807, 2.05) is 86.6 Å². The zero-order valence-electron chi connectivity index (χ0n) is 30.7. The molecular weight excluding hydrogens is 705 g/mol. The van der Waals surface area contributed by atoms with Crippen LogP contribution < -0.4 is 20.1 Å². The van der Waals surface area contributed by atoms with Crippen molar-refractivity contribution < 1.29 is 21.9 Å². The van der Waals surface area contributed by atoms with E-state index in [0.717, 1.165) is 21.8 Å². The molecule has 0 atom stereocenters. The molecule has 12 nitrogen and oxygen atoms in total. The molecule has 0 unspecified atom stereocenters. The quantitative estimate of drug-likeness (QED) is 0.139. The number of rotatable bonds is 10. The van der Waals surface area contributed by atoms with Crippen LogP contribution >= 0.6 is 0 Å². The number of pyridine rings is 2. The Hall–Kier alpha value is -7.60. The number of aromatic nitrogens is 6. The molecule has 0 aliphatic heterocycles. The van der Waals surface area contributed by atoms with Crippen molar-refractivity contribution in [2.75, 3.05) is 0 Å². The molecule has 8 rings (SSSR count). The van der Waals surface area contributed by atoms with E-state index in [0.29, 0.717) is 52.2 Å². The molecule has 4 aromatic heterocycles. The molecular formula is C44H42N8O4. The third-order valence-electron chi connectivity index (χ3n) is 7.94. The van der Waals surface area contributed by atoms with Crippen LogP contribution in [-0.2, 0) is 13.1 Å². The summed E-state index contributed by atoms with van der Waals surface area (Å²) in [5, 5.41) is 7.46. The number of ether oxygens (including phenoxy) is 2. The number of amides is 2. The molecule has 0 radical (unpaired) electrons.